The first-order valence-electron chi connectivity index (χ1n) is 7.93. The molecular formula is C19H13F6NO. The van der Waals surface area contributed by atoms with Gasteiger partial charge in [0.15, 0.2) is 0 Å². The second-order valence-corrected chi connectivity index (χ2v) is 6.02. The van der Waals surface area contributed by atoms with Crippen molar-refractivity contribution in [3.05, 3.63) is 71.4 Å². The van der Waals surface area contributed by atoms with Crippen molar-refractivity contribution in [2.75, 3.05) is 11.4 Å². The first-order valence-corrected chi connectivity index (χ1v) is 7.93. The number of anilines is 1. The summed E-state index contributed by atoms with van der Waals surface area (Å²) in [7, 11) is 0. The number of nitrogens with zero attached hydrogens (tertiary/aromatic N) is 1. The molecule has 0 spiro atoms. The molecule has 2 nitrogen and oxygen atoms in total. The van der Waals surface area contributed by atoms with Crippen molar-refractivity contribution >= 4 is 17.0 Å². The summed E-state index contributed by atoms with van der Waals surface area (Å²) in [5.74, 6) is -2.05. The lowest BCUT2D eigenvalue weighted by Gasteiger charge is -2.19. The Labute approximate surface area is 150 Å². The largest absolute Gasteiger partial charge is 0.454 e. The molecule has 0 radical (unpaired) electrons. The Kier molecular flexibility index (Phi) is 4.75. The van der Waals surface area contributed by atoms with E-state index < -0.39 is 29.3 Å². The number of fused-ring (bicyclic) bond motifs is 1. The molecule has 2 aromatic rings. The third-order valence-corrected chi connectivity index (χ3v) is 4.22. The van der Waals surface area contributed by atoms with E-state index in [1.54, 1.807) is 6.07 Å². The minimum atomic E-state index is -5.10. The van der Waals surface area contributed by atoms with Crippen LogP contribution in [0.5, 0.6) is 0 Å². The Balaban J connectivity index is 2.07. The number of hydrogen-bond donors (Lipinski definition) is 0. The average Bonchev–Trinajstić information content (AvgIpc) is 3.00. The minimum absolute atomic E-state index is 0.0419. The topological polar surface area (TPSA) is 20.3 Å². The highest BCUT2D eigenvalue weighted by Crippen LogP contribution is 2.37. The lowest BCUT2D eigenvalue weighted by atomic mass is 10.0. The number of Topliss-reactive ketones (excluding diaryl/α,β-unsaturated/α-hetero) is 1. The molecule has 0 aliphatic carbocycles. The molecule has 0 saturated heterocycles. The molecule has 1 heterocycles. The molecule has 0 amide bonds. The van der Waals surface area contributed by atoms with E-state index >= 15 is 0 Å². The number of carbonyl (C=O) groups excluding carboxylic acids is 1. The maximum atomic E-state index is 13.0. The van der Waals surface area contributed by atoms with Crippen LogP contribution in [0.2, 0.25) is 0 Å². The summed E-state index contributed by atoms with van der Waals surface area (Å²) in [6, 6.07) is 10.4. The van der Waals surface area contributed by atoms with Crippen LogP contribution < -0.4 is 4.90 Å². The molecule has 27 heavy (non-hydrogen) atoms. The molecule has 0 atom stereocenters. The van der Waals surface area contributed by atoms with Crippen LogP contribution in [0.1, 0.15) is 16.7 Å². The molecule has 142 valence electrons. The lowest BCUT2D eigenvalue weighted by molar-refractivity contribution is -0.164. The standard InChI is InChI=1S/C19H13F6NO/c20-18(21,22)14-7-6-13-8-9-26(16(13)10-14)11-15(17(27)19(23,24)25)12-4-2-1-3-5-12/h1-7,10-11H,8-9H2/b15-11-. The Hall–Kier alpha value is -2.77. The summed E-state index contributed by atoms with van der Waals surface area (Å²) in [5, 5.41) is 0. The fourth-order valence-corrected chi connectivity index (χ4v) is 2.90. The zero-order valence-corrected chi connectivity index (χ0v) is 13.7. The highest BCUT2D eigenvalue weighted by Gasteiger charge is 2.41. The van der Waals surface area contributed by atoms with Crippen LogP contribution in [0.3, 0.4) is 0 Å². The lowest BCUT2D eigenvalue weighted by Crippen LogP contribution is -2.26. The van der Waals surface area contributed by atoms with Crippen LogP contribution >= 0.6 is 0 Å². The van der Waals surface area contributed by atoms with Crippen LogP contribution in [-0.2, 0) is 17.4 Å². The van der Waals surface area contributed by atoms with Crippen LogP contribution in [-0.4, -0.2) is 18.5 Å². The summed E-state index contributed by atoms with van der Waals surface area (Å²) in [4.78, 5) is 13.2. The molecule has 0 aromatic heterocycles. The third kappa shape index (κ3) is 3.99. The van der Waals surface area contributed by atoms with E-state index in [-0.39, 0.29) is 17.8 Å². The van der Waals surface area contributed by atoms with Gasteiger partial charge >= 0.3 is 12.4 Å². The van der Waals surface area contributed by atoms with Gasteiger partial charge in [0.1, 0.15) is 0 Å². The third-order valence-electron chi connectivity index (χ3n) is 4.22. The van der Waals surface area contributed by atoms with Crippen LogP contribution in [0.4, 0.5) is 32.0 Å². The van der Waals surface area contributed by atoms with Crippen molar-refractivity contribution in [1.82, 2.24) is 0 Å². The smallest absolute Gasteiger partial charge is 0.347 e. The minimum Gasteiger partial charge on any atom is -0.347 e. The monoisotopic (exact) mass is 385 g/mol. The second-order valence-electron chi connectivity index (χ2n) is 6.02. The van der Waals surface area contributed by atoms with E-state index in [1.165, 1.54) is 35.2 Å². The fourth-order valence-electron chi connectivity index (χ4n) is 2.90. The van der Waals surface area contributed by atoms with Crippen molar-refractivity contribution in [2.45, 2.75) is 18.8 Å². The molecule has 0 fully saturated rings. The van der Waals surface area contributed by atoms with Crippen molar-refractivity contribution in [2.24, 2.45) is 0 Å². The van der Waals surface area contributed by atoms with Crippen LogP contribution in [0.25, 0.3) is 5.57 Å². The molecule has 8 heteroatoms. The molecule has 2 aromatic carbocycles. The summed E-state index contributed by atoms with van der Waals surface area (Å²) in [6.07, 6.45) is -8.32. The maximum absolute atomic E-state index is 13.0. The molecular weight excluding hydrogens is 372 g/mol. The average molecular weight is 385 g/mol. The highest BCUT2D eigenvalue weighted by atomic mass is 19.4. The van der Waals surface area contributed by atoms with E-state index in [0.717, 1.165) is 18.3 Å². The number of allylic oxidation sites excluding steroid dienone is 1. The maximum Gasteiger partial charge on any atom is 0.454 e. The van der Waals surface area contributed by atoms with Gasteiger partial charge in [0, 0.05) is 18.4 Å². The second kappa shape index (κ2) is 6.75. The molecule has 3 rings (SSSR count). The van der Waals surface area contributed by atoms with E-state index in [4.69, 9.17) is 0 Å². The first-order chi connectivity index (χ1) is 12.6. The van der Waals surface area contributed by atoms with Gasteiger partial charge < -0.3 is 4.90 Å². The van der Waals surface area contributed by atoms with Crippen LogP contribution in [0.15, 0.2) is 54.7 Å². The Bertz CT molecular complexity index is 883. The quantitative estimate of drug-likeness (QED) is 0.532. The number of carbonyl (C=O) groups is 1. The Morgan fingerprint density at radius 1 is 0.963 bits per heavy atom. The van der Waals surface area contributed by atoms with E-state index in [1.807, 2.05) is 0 Å². The summed E-state index contributed by atoms with van der Waals surface area (Å²) < 4.78 is 77.9. The van der Waals surface area contributed by atoms with Gasteiger partial charge in [-0.3, -0.25) is 4.79 Å². The molecule has 0 saturated carbocycles. The first kappa shape index (κ1) is 19.0. The normalized spacial score (nSPS) is 15.0. The molecule has 0 bridgehead atoms. The fraction of sp³-hybridized carbons (Fsp3) is 0.211. The molecule has 1 aliphatic rings. The number of halogens is 6. The van der Waals surface area contributed by atoms with Gasteiger partial charge in [-0.15, -0.1) is 0 Å². The number of hydrogen-bond acceptors (Lipinski definition) is 2. The zero-order chi connectivity index (χ0) is 19.8. The van der Waals surface area contributed by atoms with Crippen molar-refractivity contribution < 1.29 is 31.1 Å². The molecule has 1 aliphatic heterocycles. The Morgan fingerprint density at radius 2 is 1.63 bits per heavy atom. The van der Waals surface area contributed by atoms with Crippen LogP contribution in [0, 0.1) is 0 Å². The van der Waals surface area contributed by atoms with Crippen molar-refractivity contribution in [3.63, 3.8) is 0 Å². The van der Waals surface area contributed by atoms with Gasteiger partial charge in [-0.2, -0.15) is 26.3 Å². The highest BCUT2D eigenvalue weighted by molar-refractivity contribution is 6.23. The Morgan fingerprint density at radius 3 is 2.22 bits per heavy atom. The summed E-state index contributed by atoms with van der Waals surface area (Å²) in [5.41, 5.74) is -0.752. The van der Waals surface area contributed by atoms with Gasteiger partial charge in [0.25, 0.3) is 5.78 Å². The summed E-state index contributed by atoms with van der Waals surface area (Å²) in [6.45, 7) is 0.179. The predicted molar refractivity (Wildman–Crippen MR) is 88.0 cm³/mol. The predicted octanol–water partition coefficient (Wildman–Crippen LogP) is 5.24. The van der Waals surface area contributed by atoms with Crippen molar-refractivity contribution in [1.29, 1.82) is 0 Å². The van der Waals surface area contributed by atoms with Gasteiger partial charge in [-0.1, -0.05) is 36.4 Å². The number of ketones is 1. The van der Waals surface area contributed by atoms with E-state index in [0.29, 0.717) is 12.0 Å². The molecule has 0 N–H and O–H groups in total. The number of benzene rings is 2. The van der Waals surface area contributed by atoms with Crippen molar-refractivity contribution in [3.8, 4) is 0 Å². The SMILES string of the molecule is O=C(/C(=C\N1CCc2ccc(C(F)(F)F)cc21)c1ccccc1)C(F)(F)F. The van der Waals surface area contributed by atoms with E-state index in [2.05, 4.69) is 0 Å². The summed E-state index contributed by atoms with van der Waals surface area (Å²) >= 11 is 0. The van der Waals surface area contributed by atoms with Gasteiger partial charge in [-0.05, 0) is 29.7 Å². The van der Waals surface area contributed by atoms with E-state index in [9.17, 15) is 31.1 Å². The van der Waals surface area contributed by atoms with Gasteiger partial charge in [0.05, 0.1) is 11.1 Å². The number of alkyl halides is 6. The van der Waals surface area contributed by atoms with Gasteiger partial charge in [-0.25, -0.2) is 0 Å². The van der Waals surface area contributed by atoms with Gasteiger partial charge in [0.2, 0.25) is 0 Å². The zero-order valence-electron chi connectivity index (χ0n) is 13.7. The number of rotatable bonds is 3. The molecule has 0 unspecified atom stereocenters.